The van der Waals surface area contributed by atoms with Gasteiger partial charge in [0.1, 0.15) is 0 Å². The zero-order chi connectivity index (χ0) is 12.6. The van der Waals surface area contributed by atoms with Crippen molar-refractivity contribution in [2.75, 3.05) is 0 Å². The van der Waals surface area contributed by atoms with Crippen LogP contribution in [0.25, 0.3) is 0 Å². The van der Waals surface area contributed by atoms with Gasteiger partial charge in [0, 0.05) is 6.42 Å². The Hall–Kier alpha value is -0.353. The van der Waals surface area contributed by atoms with Gasteiger partial charge in [-0.2, -0.15) is 0 Å². The summed E-state index contributed by atoms with van der Waals surface area (Å²) in [4.78, 5) is 11.2. The Balaban J connectivity index is 2.64. The standard InChI is InChI=1S/C12H25NO2Si/c1-9-10(7-8-11(14)13-9)15-16(5,6)12(2,3)4/h9-10H,7-8H2,1-6H3,(H,13,14)/t9-,10+/m1/s1. The van der Waals surface area contributed by atoms with Crippen LogP contribution in [0.3, 0.4) is 0 Å². The first-order chi connectivity index (χ1) is 7.13. The Kier molecular flexibility index (Phi) is 3.85. The molecule has 4 heteroatoms. The third kappa shape index (κ3) is 3.07. The van der Waals surface area contributed by atoms with E-state index in [0.29, 0.717) is 6.42 Å². The van der Waals surface area contributed by atoms with Gasteiger partial charge in [-0.1, -0.05) is 20.8 Å². The largest absolute Gasteiger partial charge is 0.412 e. The molecule has 1 heterocycles. The van der Waals surface area contributed by atoms with Gasteiger partial charge in [0.15, 0.2) is 8.32 Å². The van der Waals surface area contributed by atoms with Gasteiger partial charge in [0.05, 0.1) is 12.1 Å². The minimum Gasteiger partial charge on any atom is -0.412 e. The van der Waals surface area contributed by atoms with Crippen molar-refractivity contribution < 1.29 is 9.22 Å². The lowest BCUT2D eigenvalue weighted by Gasteiger charge is -2.42. The number of amides is 1. The summed E-state index contributed by atoms with van der Waals surface area (Å²) in [5, 5.41) is 3.19. The van der Waals surface area contributed by atoms with Gasteiger partial charge < -0.3 is 9.74 Å². The normalized spacial score (nSPS) is 27.8. The molecule has 0 radical (unpaired) electrons. The minimum atomic E-state index is -1.71. The molecule has 1 aliphatic heterocycles. The Labute approximate surface area is 100 Å². The third-order valence-electron chi connectivity index (χ3n) is 3.85. The van der Waals surface area contributed by atoms with Crippen molar-refractivity contribution in [3.05, 3.63) is 0 Å². The van der Waals surface area contributed by atoms with E-state index in [2.05, 4.69) is 39.2 Å². The molecule has 3 nitrogen and oxygen atoms in total. The second-order valence-electron chi connectivity index (χ2n) is 6.31. The summed E-state index contributed by atoms with van der Waals surface area (Å²) in [6.45, 7) is 13.3. The molecule has 1 rings (SSSR count). The van der Waals surface area contributed by atoms with E-state index in [1.54, 1.807) is 0 Å². The van der Waals surface area contributed by atoms with Crippen LogP contribution in [0.4, 0.5) is 0 Å². The van der Waals surface area contributed by atoms with Gasteiger partial charge in [-0.25, -0.2) is 0 Å². The Morgan fingerprint density at radius 2 is 1.94 bits per heavy atom. The maximum atomic E-state index is 11.2. The molecule has 1 saturated heterocycles. The van der Waals surface area contributed by atoms with Crippen LogP contribution in [-0.2, 0) is 9.22 Å². The first kappa shape index (κ1) is 13.7. The molecular formula is C12H25NO2Si. The molecule has 1 N–H and O–H groups in total. The van der Waals surface area contributed by atoms with Crippen LogP contribution < -0.4 is 5.32 Å². The predicted molar refractivity (Wildman–Crippen MR) is 68.9 cm³/mol. The minimum absolute atomic E-state index is 0.148. The quantitative estimate of drug-likeness (QED) is 0.757. The van der Waals surface area contributed by atoms with Crippen molar-refractivity contribution in [1.29, 1.82) is 0 Å². The number of carbonyl (C=O) groups excluding carboxylic acids is 1. The van der Waals surface area contributed by atoms with Crippen LogP contribution in [0.2, 0.25) is 18.1 Å². The van der Waals surface area contributed by atoms with E-state index >= 15 is 0 Å². The van der Waals surface area contributed by atoms with Gasteiger partial charge in [0.2, 0.25) is 5.91 Å². The lowest BCUT2D eigenvalue weighted by molar-refractivity contribution is -0.125. The highest BCUT2D eigenvalue weighted by atomic mass is 28.4. The lowest BCUT2D eigenvalue weighted by atomic mass is 10.0. The molecule has 16 heavy (non-hydrogen) atoms. The third-order valence-corrected chi connectivity index (χ3v) is 8.36. The van der Waals surface area contributed by atoms with E-state index in [0.717, 1.165) is 6.42 Å². The van der Waals surface area contributed by atoms with Gasteiger partial charge in [-0.15, -0.1) is 0 Å². The van der Waals surface area contributed by atoms with Crippen molar-refractivity contribution in [2.45, 2.75) is 70.8 Å². The number of piperidine rings is 1. The van der Waals surface area contributed by atoms with Gasteiger partial charge in [-0.3, -0.25) is 4.79 Å². The first-order valence-electron chi connectivity index (χ1n) is 6.11. The zero-order valence-electron chi connectivity index (χ0n) is 11.4. The Morgan fingerprint density at radius 1 is 1.38 bits per heavy atom. The molecule has 0 aliphatic carbocycles. The summed E-state index contributed by atoms with van der Waals surface area (Å²) in [5.74, 6) is 0.155. The molecule has 0 spiro atoms. The topological polar surface area (TPSA) is 38.3 Å². The Morgan fingerprint density at radius 3 is 2.38 bits per heavy atom. The van der Waals surface area contributed by atoms with E-state index in [9.17, 15) is 4.79 Å². The second kappa shape index (κ2) is 4.49. The van der Waals surface area contributed by atoms with E-state index in [1.165, 1.54) is 0 Å². The fourth-order valence-corrected chi connectivity index (χ4v) is 3.09. The van der Waals surface area contributed by atoms with Gasteiger partial charge in [-0.05, 0) is 31.5 Å². The van der Waals surface area contributed by atoms with Crippen LogP contribution in [0.5, 0.6) is 0 Å². The van der Waals surface area contributed by atoms with Gasteiger partial charge in [0.25, 0.3) is 0 Å². The molecule has 0 bridgehead atoms. The molecule has 0 aromatic carbocycles. The lowest BCUT2D eigenvalue weighted by Crippen LogP contribution is -2.53. The maximum absolute atomic E-state index is 11.2. The molecule has 1 aliphatic rings. The summed E-state index contributed by atoms with van der Waals surface area (Å²) < 4.78 is 6.33. The van der Waals surface area contributed by atoms with Crippen molar-refractivity contribution in [1.82, 2.24) is 5.32 Å². The summed E-state index contributed by atoms with van der Waals surface area (Å²) in [6, 6.07) is 0.148. The highest BCUT2D eigenvalue weighted by Crippen LogP contribution is 2.38. The molecule has 2 atom stereocenters. The highest BCUT2D eigenvalue weighted by Gasteiger charge is 2.41. The molecular weight excluding hydrogens is 218 g/mol. The maximum Gasteiger partial charge on any atom is 0.220 e. The second-order valence-corrected chi connectivity index (χ2v) is 11.1. The van der Waals surface area contributed by atoms with E-state index < -0.39 is 8.32 Å². The summed E-state index contributed by atoms with van der Waals surface area (Å²) in [6.07, 6.45) is 1.65. The fourth-order valence-electron chi connectivity index (χ4n) is 1.66. The summed E-state index contributed by atoms with van der Waals surface area (Å²) >= 11 is 0. The summed E-state index contributed by atoms with van der Waals surface area (Å²) in [5.41, 5.74) is 0. The molecule has 0 unspecified atom stereocenters. The van der Waals surface area contributed by atoms with Crippen LogP contribution >= 0.6 is 0 Å². The molecule has 0 aromatic heterocycles. The average molecular weight is 243 g/mol. The zero-order valence-corrected chi connectivity index (χ0v) is 12.4. The van der Waals surface area contributed by atoms with Gasteiger partial charge >= 0.3 is 0 Å². The number of hydrogen-bond acceptors (Lipinski definition) is 2. The Bertz CT molecular complexity index is 271. The van der Waals surface area contributed by atoms with Crippen molar-refractivity contribution in [3.8, 4) is 0 Å². The van der Waals surface area contributed by atoms with Crippen LogP contribution in [0, 0.1) is 0 Å². The molecule has 0 aromatic rings. The number of hydrogen-bond donors (Lipinski definition) is 1. The smallest absolute Gasteiger partial charge is 0.220 e. The number of carbonyl (C=O) groups is 1. The average Bonchev–Trinajstić information content (AvgIpc) is 2.08. The number of nitrogens with one attached hydrogen (secondary N) is 1. The van der Waals surface area contributed by atoms with E-state index in [1.807, 2.05) is 6.92 Å². The highest BCUT2D eigenvalue weighted by molar-refractivity contribution is 6.74. The monoisotopic (exact) mass is 243 g/mol. The van der Waals surface area contributed by atoms with Crippen LogP contribution in [0.1, 0.15) is 40.5 Å². The predicted octanol–water partition coefficient (Wildman–Crippen LogP) is 2.68. The van der Waals surface area contributed by atoms with E-state index in [-0.39, 0.29) is 23.1 Å². The number of rotatable bonds is 2. The molecule has 1 fully saturated rings. The van der Waals surface area contributed by atoms with Crippen LogP contribution in [0.15, 0.2) is 0 Å². The summed E-state index contributed by atoms with van der Waals surface area (Å²) in [7, 11) is -1.71. The van der Waals surface area contributed by atoms with Crippen molar-refractivity contribution in [3.63, 3.8) is 0 Å². The van der Waals surface area contributed by atoms with Crippen LogP contribution in [-0.4, -0.2) is 26.4 Å². The molecule has 0 saturated carbocycles. The van der Waals surface area contributed by atoms with E-state index in [4.69, 9.17) is 4.43 Å². The van der Waals surface area contributed by atoms with Crippen molar-refractivity contribution >= 4 is 14.2 Å². The SMILES string of the molecule is C[C@H]1NC(=O)CC[C@@H]1O[Si](C)(C)C(C)(C)C. The first-order valence-corrected chi connectivity index (χ1v) is 9.01. The molecule has 1 amide bonds. The fraction of sp³-hybridized carbons (Fsp3) is 0.917. The van der Waals surface area contributed by atoms with Crippen molar-refractivity contribution in [2.24, 2.45) is 0 Å². The molecule has 94 valence electrons.